The van der Waals surface area contributed by atoms with E-state index in [4.69, 9.17) is 4.42 Å². The zero-order chi connectivity index (χ0) is 15.9. The van der Waals surface area contributed by atoms with Crippen LogP contribution in [0.15, 0.2) is 63.6 Å². The lowest BCUT2D eigenvalue weighted by molar-refractivity contribution is 0.0928. The summed E-state index contributed by atoms with van der Waals surface area (Å²) in [6, 6.07) is 12.0. The second kappa shape index (κ2) is 8.04. The second-order valence-corrected chi connectivity index (χ2v) is 6.42. The van der Waals surface area contributed by atoms with E-state index in [2.05, 4.69) is 28.8 Å². The number of benzene rings is 1. The minimum atomic E-state index is -0.141. The average Bonchev–Trinajstić information content (AvgIpc) is 3.08. The van der Waals surface area contributed by atoms with Crippen molar-refractivity contribution in [2.24, 2.45) is 0 Å². The van der Waals surface area contributed by atoms with Crippen molar-refractivity contribution in [3.63, 3.8) is 0 Å². The number of amides is 1. The highest BCUT2D eigenvalue weighted by Crippen LogP contribution is 2.24. The highest BCUT2D eigenvalue weighted by atomic mass is 32.2. The van der Waals surface area contributed by atoms with E-state index in [-0.39, 0.29) is 5.91 Å². The molecule has 2 aromatic rings. The Balaban J connectivity index is 1.56. The van der Waals surface area contributed by atoms with Crippen LogP contribution in [-0.2, 0) is 5.75 Å². The van der Waals surface area contributed by atoms with Gasteiger partial charge in [-0.2, -0.15) is 0 Å². The van der Waals surface area contributed by atoms with Crippen LogP contribution in [0.1, 0.15) is 22.5 Å². The number of hydrogen-bond donors (Lipinski definition) is 2. The predicted molar refractivity (Wildman–Crippen MR) is 92.6 cm³/mol. The van der Waals surface area contributed by atoms with E-state index in [1.165, 1.54) is 10.5 Å². The molecular formula is C18H20N2O2S. The SMILES string of the molecule is O=C(NCC1=CCNCC1)c1occc1CSc1ccccc1. The fourth-order valence-corrected chi connectivity index (χ4v) is 3.33. The maximum absolute atomic E-state index is 12.3. The van der Waals surface area contributed by atoms with Crippen LogP contribution in [0.3, 0.4) is 0 Å². The molecule has 1 aromatic carbocycles. The molecule has 0 fully saturated rings. The molecule has 0 radical (unpaired) electrons. The molecule has 0 aliphatic carbocycles. The first kappa shape index (κ1) is 15.9. The molecule has 120 valence electrons. The molecule has 5 heteroatoms. The zero-order valence-electron chi connectivity index (χ0n) is 12.9. The topological polar surface area (TPSA) is 54.3 Å². The van der Waals surface area contributed by atoms with Crippen molar-refractivity contribution in [2.75, 3.05) is 19.6 Å². The van der Waals surface area contributed by atoms with Gasteiger partial charge in [-0.1, -0.05) is 29.8 Å². The minimum absolute atomic E-state index is 0.141. The summed E-state index contributed by atoms with van der Waals surface area (Å²) >= 11 is 1.70. The lowest BCUT2D eigenvalue weighted by Gasteiger charge is -2.14. The Labute approximate surface area is 140 Å². The second-order valence-electron chi connectivity index (χ2n) is 5.38. The van der Waals surface area contributed by atoms with E-state index in [0.717, 1.165) is 30.8 Å². The summed E-state index contributed by atoms with van der Waals surface area (Å²) in [5.74, 6) is 0.997. The number of carbonyl (C=O) groups is 1. The van der Waals surface area contributed by atoms with Crippen LogP contribution in [0.4, 0.5) is 0 Å². The van der Waals surface area contributed by atoms with Crippen LogP contribution in [0.25, 0.3) is 0 Å². The van der Waals surface area contributed by atoms with Crippen LogP contribution in [0.5, 0.6) is 0 Å². The van der Waals surface area contributed by atoms with Crippen molar-refractivity contribution in [3.8, 4) is 0 Å². The molecule has 1 aliphatic rings. The van der Waals surface area contributed by atoms with Crippen LogP contribution >= 0.6 is 11.8 Å². The van der Waals surface area contributed by atoms with E-state index in [9.17, 15) is 4.79 Å². The van der Waals surface area contributed by atoms with Gasteiger partial charge in [-0.05, 0) is 31.2 Å². The van der Waals surface area contributed by atoms with Crippen LogP contribution in [0, 0.1) is 0 Å². The van der Waals surface area contributed by atoms with Gasteiger partial charge in [0.1, 0.15) is 0 Å². The quantitative estimate of drug-likeness (QED) is 0.631. The molecular weight excluding hydrogens is 308 g/mol. The summed E-state index contributed by atoms with van der Waals surface area (Å²) in [4.78, 5) is 13.5. The number of carbonyl (C=O) groups excluding carboxylic acids is 1. The van der Waals surface area contributed by atoms with Crippen LogP contribution in [-0.4, -0.2) is 25.5 Å². The monoisotopic (exact) mass is 328 g/mol. The van der Waals surface area contributed by atoms with Gasteiger partial charge >= 0.3 is 0 Å². The Kier molecular flexibility index (Phi) is 5.56. The molecule has 0 spiro atoms. The van der Waals surface area contributed by atoms with Crippen molar-refractivity contribution >= 4 is 17.7 Å². The first-order chi connectivity index (χ1) is 11.3. The Morgan fingerprint density at radius 3 is 2.91 bits per heavy atom. The minimum Gasteiger partial charge on any atom is -0.459 e. The maximum Gasteiger partial charge on any atom is 0.287 e. The third-order valence-electron chi connectivity index (χ3n) is 3.72. The molecule has 0 bridgehead atoms. The molecule has 0 saturated heterocycles. The van der Waals surface area contributed by atoms with Gasteiger partial charge < -0.3 is 15.1 Å². The molecule has 0 atom stereocenters. The first-order valence-electron chi connectivity index (χ1n) is 7.74. The summed E-state index contributed by atoms with van der Waals surface area (Å²) in [5, 5.41) is 6.22. The van der Waals surface area contributed by atoms with Gasteiger partial charge in [-0.25, -0.2) is 0 Å². The van der Waals surface area contributed by atoms with Crippen molar-refractivity contribution in [1.82, 2.24) is 10.6 Å². The number of nitrogens with one attached hydrogen (secondary N) is 2. The Bertz CT molecular complexity index is 679. The first-order valence-corrected chi connectivity index (χ1v) is 8.72. The van der Waals surface area contributed by atoms with E-state index in [1.54, 1.807) is 18.0 Å². The largest absolute Gasteiger partial charge is 0.459 e. The molecule has 1 aliphatic heterocycles. The highest BCUT2D eigenvalue weighted by molar-refractivity contribution is 7.98. The number of hydrogen-bond acceptors (Lipinski definition) is 4. The van der Waals surface area contributed by atoms with E-state index in [0.29, 0.717) is 12.3 Å². The molecule has 0 saturated carbocycles. The van der Waals surface area contributed by atoms with Gasteiger partial charge in [-0.15, -0.1) is 11.8 Å². The third kappa shape index (κ3) is 4.50. The summed E-state index contributed by atoms with van der Waals surface area (Å²) in [6.07, 6.45) is 4.70. The Morgan fingerprint density at radius 1 is 1.26 bits per heavy atom. The molecule has 0 unspecified atom stereocenters. The molecule has 1 aromatic heterocycles. The Morgan fingerprint density at radius 2 is 2.13 bits per heavy atom. The summed E-state index contributed by atoms with van der Waals surface area (Å²) in [7, 11) is 0. The molecule has 4 nitrogen and oxygen atoms in total. The van der Waals surface area contributed by atoms with E-state index < -0.39 is 0 Å². The fourth-order valence-electron chi connectivity index (χ4n) is 2.43. The highest BCUT2D eigenvalue weighted by Gasteiger charge is 2.16. The zero-order valence-corrected chi connectivity index (χ0v) is 13.7. The van der Waals surface area contributed by atoms with Crippen molar-refractivity contribution in [3.05, 3.63) is 65.6 Å². The van der Waals surface area contributed by atoms with Gasteiger partial charge in [0.2, 0.25) is 0 Å². The summed E-state index contributed by atoms with van der Waals surface area (Å²) in [5.41, 5.74) is 2.19. The molecule has 3 rings (SSSR count). The third-order valence-corrected chi connectivity index (χ3v) is 4.79. The van der Waals surface area contributed by atoms with Crippen molar-refractivity contribution < 1.29 is 9.21 Å². The standard InChI is InChI=1S/C18H20N2O2S/c21-18(20-12-14-6-9-19-10-7-14)17-15(8-11-22-17)13-23-16-4-2-1-3-5-16/h1-6,8,11,19H,7,9-10,12-13H2,(H,20,21). The van der Waals surface area contributed by atoms with Crippen molar-refractivity contribution in [1.29, 1.82) is 0 Å². The maximum atomic E-state index is 12.3. The van der Waals surface area contributed by atoms with Gasteiger partial charge in [0, 0.05) is 29.3 Å². The number of rotatable bonds is 6. The fraction of sp³-hybridized carbons (Fsp3) is 0.278. The molecule has 23 heavy (non-hydrogen) atoms. The van der Waals surface area contributed by atoms with Crippen LogP contribution in [0.2, 0.25) is 0 Å². The van der Waals surface area contributed by atoms with Crippen molar-refractivity contribution in [2.45, 2.75) is 17.1 Å². The van der Waals surface area contributed by atoms with Gasteiger partial charge in [0.25, 0.3) is 5.91 Å². The average molecular weight is 328 g/mol. The summed E-state index contributed by atoms with van der Waals surface area (Å²) in [6.45, 7) is 2.44. The number of thioether (sulfide) groups is 1. The molecule has 2 heterocycles. The Hall–Kier alpha value is -1.98. The molecule has 1 amide bonds. The van der Waals surface area contributed by atoms with Crippen LogP contribution < -0.4 is 10.6 Å². The number of furan rings is 1. The van der Waals surface area contributed by atoms with Gasteiger partial charge in [0.05, 0.1) is 6.26 Å². The lowest BCUT2D eigenvalue weighted by atomic mass is 10.1. The van der Waals surface area contributed by atoms with Gasteiger partial charge in [0.15, 0.2) is 5.76 Å². The normalized spacial score (nSPS) is 14.3. The lowest BCUT2D eigenvalue weighted by Crippen LogP contribution is -2.29. The molecule has 2 N–H and O–H groups in total. The van der Waals surface area contributed by atoms with E-state index in [1.807, 2.05) is 24.3 Å². The van der Waals surface area contributed by atoms with E-state index >= 15 is 0 Å². The smallest absolute Gasteiger partial charge is 0.287 e. The predicted octanol–water partition coefficient (Wildman–Crippen LogP) is 3.22. The summed E-state index contributed by atoms with van der Waals surface area (Å²) < 4.78 is 5.40. The van der Waals surface area contributed by atoms with Gasteiger partial charge in [-0.3, -0.25) is 4.79 Å².